The van der Waals surface area contributed by atoms with E-state index in [1.54, 1.807) is 38.1 Å². The predicted octanol–water partition coefficient (Wildman–Crippen LogP) is -2.50. The molecule has 1 aromatic rings. The Morgan fingerprint density at radius 2 is 1.46 bits per heavy atom. The molecule has 11 amide bonds. The molecule has 2 aliphatic rings. The second kappa shape index (κ2) is 28.1. The summed E-state index contributed by atoms with van der Waals surface area (Å²) in [6.07, 6.45) is -0.176. The van der Waals surface area contributed by atoms with Crippen LogP contribution in [0.4, 0.5) is 0 Å². The predicted molar refractivity (Wildman–Crippen MR) is 253 cm³/mol. The maximum Gasteiger partial charge on any atom is 0.246 e. The highest BCUT2D eigenvalue weighted by molar-refractivity contribution is 7.99. The first-order valence-corrected chi connectivity index (χ1v) is 24.2. The fraction of sp³-hybridized carbons (Fsp3) is 0.622. The van der Waals surface area contributed by atoms with Gasteiger partial charge in [-0.2, -0.15) is 11.8 Å². The fourth-order valence-electron chi connectivity index (χ4n) is 7.68. The molecular weight excluding hydrogens is 919 g/mol. The van der Waals surface area contributed by atoms with E-state index in [1.165, 1.54) is 23.8 Å². The number of benzene rings is 1. The van der Waals surface area contributed by atoms with Gasteiger partial charge in [0.1, 0.15) is 48.0 Å². The van der Waals surface area contributed by atoms with Crippen LogP contribution in [0, 0.1) is 11.8 Å². The van der Waals surface area contributed by atoms with Crippen molar-refractivity contribution in [1.29, 1.82) is 0 Å². The third-order valence-corrected chi connectivity index (χ3v) is 12.7. The summed E-state index contributed by atoms with van der Waals surface area (Å²) < 4.78 is 5.25. The average Bonchev–Trinajstić information content (AvgIpc) is 3.79. The Morgan fingerprint density at radius 3 is 2.07 bits per heavy atom. The fourth-order valence-corrected chi connectivity index (χ4v) is 8.66. The van der Waals surface area contributed by atoms with Crippen LogP contribution in [0.2, 0.25) is 0 Å². The van der Waals surface area contributed by atoms with E-state index in [9.17, 15) is 52.7 Å². The van der Waals surface area contributed by atoms with Gasteiger partial charge in [0.05, 0.1) is 20.1 Å². The molecule has 2 heterocycles. The molecule has 0 spiro atoms. The Kier molecular flexibility index (Phi) is 23.2. The molecule has 0 aliphatic carbocycles. The zero-order valence-corrected chi connectivity index (χ0v) is 40.7. The van der Waals surface area contributed by atoms with Crippen LogP contribution in [0.15, 0.2) is 24.3 Å². The lowest BCUT2D eigenvalue weighted by atomic mass is 9.96. The molecule has 2 fully saturated rings. The van der Waals surface area contributed by atoms with Crippen LogP contribution in [0.25, 0.3) is 0 Å². The summed E-state index contributed by atoms with van der Waals surface area (Å²) in [5, 5.41) is 18.2. The molecule has 7 unspecified atom stereocenters. The standard InChI is InChI=1S/C45H69N11O12S/c1-6-25(4)38-44(66)51-28(15-16-34(46)57)40(62)52-31(21-35(47)58)41(63)54-32(23-69-18-8-10-37(60)50-30(42(64)55-38)20-26-11-13-27(68-5)14-12-26)45(67)56-17-7-9-33(56)43(65)53-29(19-24(2)3)39(61)49-22-36(48)59/h11-14,24-25,28-33,38H,6-10,15-23H2,1-5H3,(H2,46,57)(H2,47,58)(H2,48,59)(H,49,61)(H,50,60)(H,51,66)(H,52,62)(H,53,65)(H,54,63)(H,55,64)/t25?,28?,29?,30?,31?,32?,33-,38?/m1/s1. The molecule has 0 saturated carbocycles. The minimum atomic E-state index is -1.71. The molecule has 3 rings (SSSR count). The van der Waals surface area contributed by atoms with E-state index < -0.39 is 133 Å². The van der Waals surface area contributed by atoms with Crippen molar-refractivity contribution in [2.75, 3.05) is 31.7 Å². The lowest BCUT2D eigenvalue weighted by Gasteiger charge is -2.31. The maximum absolute atomic E-state index is 14.5. The van der Waals surface area contributed by atoms with E-state index in [2.05, 4.69) is 37.2 Å². The zero-order valence-electron chi connectivity index (χ0n) is 39.9. The van der Waals surface area contributed by atoms with E-state index >= 15 is 0 Å². The van der Waals surface area contributed by atoms with E-state index in [0.717, 1.165) is 0 Å². The van der Waals surface area contributed by atoms with Gasteiger partial charge >= 0.3 is 0 Å². The molecule has 382 valence electrons. The summed E-state index contributed by atoms with van der Waals surface area (Å²) in [7, 11) is 1.50. The normalized spacial score (nSPS) is 23.2. The number of hydrogen-bond acceptors (Lipinski definition) is 13. The Balaban J connectivity index is 2.02. The minimum Gasteiger partial charge on any atom is -0.497 e. The van der Waals surface area contributed by atoms with Crippen LogP contribution in [0.3, 0.4) is 0 Å². The number of likely N-dealkylation sites (tertiary alicyclic amines) is 1. The molecule has 13 N–H and O–H groups in total. The summed E-state index contributed by atoms with van der Waals surface area (Å²) in [4.78, 5) is 148. The highest BCUT2D eigenvalue weighted by Crippen LogP contribution is 2.22. The molecular formula is C45H69N11O12S. The van der Waals surface area contributed by atoms with Gasteiger partial charge in [-0.15, -0.1) is 0 Å². The number of ether oxygens (including phenoxy) is 1. The van der Waals surface area contributed by atoms with Gasteiger partial charge < -0.3 is 64.1 Å². The topological polar surface area (TPSA) is 363 Å². The molecule has 2 aliphatic heterocycles. The van der Waals surface area contributed by atoms with Crippen molar-refractivity contribution >= 4 is 76.7 Å². The maximum atomic E-state index is 14.5. The largest absolute Gasteiger partial charge is 0.497 e. The molecule has 8 atom stereocenters. The number of nitrogens with zero attached hydrogens (tertiary/aromatic N) is 1. The summed E-state index contributed by atoms with van der Waals surface area (Å²) in [5.74, 6) is -8.59. The number of carbonyl (C=O) groups excluding carboxylic acids is 11. The van der Waals surface area contributed by atoms with Gasteiger partial charge in [0.2, 0.25) is 65.0 Å². The molecule has 23 nitrogen and oxygen atoms in total. The quantitative estimate of drug-likeness (QED) is 0.0728. The highest BCUT2D eigenvalue weighted by atomic mass is 32.2. The Hall–Kier alpha value is -6.46. The molecule has 2 saturated heterocycles. The van der Waals surface area contributed by atoms with Gasteiger partial charge in [0.25, 0.3) is 0 Å². The second-order valence-electron chi connectivity index (χ2n) is 17.6. The summed E-state index contributed by atoms with van der Waals surface area (Å²) in [5.41, 5.74) is 16.8. The number of rotatable bonds is 18. The minimum absolute atomic E-state index is 0.0237. The van der Waals surface area contributed by atoms with Crippen LogP contribution in [0.1, 0.15) is 91.0 Å². The number of nitrogens with two attached hydrogens (primary N) is 3. The first kappa shape index (κ1) is 56.9. The molecule has 0 bridgehead atoms. The smallest absolute Gasteiger partial charge is 0.246 e. The van der Waals surface area contributed by atoms with Gasteiger partial charge in [-0.1, -0.05) is 46.2 Å². The van der Waals surface area contributed by atoms with Gasteiger partial charge in [-0.05, 0) is 67.4 Å². The van der Waals surface area contributed by atoms with Gasteiger partial charge in [0, 0.05) is 31.6 Å². The SMILES string of the molecule is CCC(C)C1NC(=O)C(Cc2ccc(OC)cc2)NC(=O)CCCSCC(C(=O)N2CCC[C@@H]2C(=O)NC(CC(C)C)C(=O)NCC(N)=O)NC(=O)C(CC(N)=O)NC(=O)C(CCC(N)=O)NC1=O. The van der Waals surface area contributed by atoms with E-state index in [4.69, 9.17) is 21.9 Å². The number of hydrogen-bond donors (Lipinski definition) is 10. The van der Waals surface area contributed by atoms with Crippen molar-refractivity contribution in [3.05, 3.63) is 29.8 Å². The molecule has 24 heteroatoms. The van der Waals surface area contributed by atoms with E-state index in [-0.39, 0.29) is 62.5 Å². The number of thioether (sulfide) groups is 1. The van der Waals surface area contributed by atoms with Gasteiger partial charge in [-0.25, -0.2) is 0 Å². The number of carbonyl (C=O) groups is 11. The average molecular weight is 988 g/mol. The Labute approximate surface area is 405 Å². The molecule has 0 aromatic heterocycles. The van der Waals surface area contributed by atoms with Crippen molar-refractivity contribution in [2.24, 2.45) is 29.0 Å². The molecule has 1 aromatic carbocycles. The van der Waals surface area contributed by atoms with Crippen LogP contribution in [-0.4, -0.2) is 144 Å². The van der Waals surface area contributed by atoms with Crippen molar-refractivity contribution in [2.45, 2.75) is 134 Å². The number of amides is 11. The first-order valence-electron chi connectivity index (χ1n) is 23.1. The van der Waals surface area contributed by atoms with Crippen molar-refractivity contribution in [3.8, 4) is 5.75 Å². The summed E-state index contributed by atoms with van der Waals surface area (Å²) >= 11 is 1.18. The zero-order chi connectivity index (χ0) is 51.4. The molecule has 69 heavy (non-hydrogen) atoms. The van der Waals surface area contributed by atoms with Gasteiger partial charge in [-0.3, -0.25) is 52.7 Å². The number of nitrogens with one attached hydrogen (secondary N) is 7. The Morgan fingerprint density at radius 1 is 0.812 bits per heavy atom. The lowest BCUT2D eigenvalue weighted by molar-refractivity contribution is -0.142. The number of primary amides is 3. The van der Waals surface area contributed by atoms with Crippen LogP contribution in [0.5, 0.6) is 5.75 Å². The monoisotopic (exact) mass is 987 g/mol. The lowest BCUT2D eigenvalue weighted by Crippen LogP contribution is -2.61. The summed E-state index contributed by atoms with van der Waals surface area (Å²) in [6, 6.07) is -2.40. The van der Waals surface area contributed by atoms with Crippen LogP contribution in [-0.2, 0) is 59.2 Å². The van der Waals surface area contributed by atoms with Crippen molar-refractivity contribution < 1.29 is 57.5 Å². The van der Waals surface area contributed by atoms with E-state index in [0.29, 0.717) is 24.2 Å². The summed E-state index contributed by atoms with van der Waals surface area (Å²) in [6.45, 7) is 6.75. The second-order valence-corrected chi connectivity index (χ2v) is 18.8. The third-order valence-electron chi connectivity index (χ3n) is 11.6. The van der Waals surface area contributed by atoms with E-state index in [1.807, 2.05) is 13.8 Å². The van der Waals surface area contributed by atoms with Crippen molar-refractivity contribution in [3.63, 3.8) is 0 Å². The van der Waals surface area contributed by atoms with Crippen LogP contribution < -0.4 is 59.2 Å². The van der Waals surface area contributed by atoms with Gasteiger partial charge in [0.15, 0.2) is 0 Å². The van der Waals surface area contributed by atoms with Crippen LogP contribution >= 0.6 is 11.8 Å². The molecule has 0 radical (unpaired) electrons. The highest BCUT2D eigenvalue weighted by Gasteiger charge is 2.40. The third kappa shape index (κ3) is 18.9. The van der Waals surface area contributed by atoms with Crippen molar-refractivity contribution in [1.82, 2.24) is 42.1 Å². The first-order chi connectivity index (χ1) is 32.6. The number of methoxy groups -OCH3 is 1. The Bertz CT molecular complexity index is 2020.